The number of anilines is 1. The van der Waals surface area contributed by atoms with Gasteiger partial charge in [0.05, 0.1) is 17.3 Å². The van der Waals surface area contributed by atoms with Crippen molar-refractivity contribution >= 4 is 44.3 Å². The highest BCUT2D eigenvalue weighted by Crippen LogP contribution is 2.34. The number of nitrogens with one attached hydrogen (secondary N) is 1. The number of para-hydroxylation sites is 1. The Labute approximate surface area is 175 Å². The van der Waals surface area contributed by atoms with E-state index >= 15 is 0 Å². The molecule has 0 fully saturated rings. The molecule has 0 unspecified atom stereocenters. The highest BCUT2D eigenvalue weighted by Gasteiger charge is 2.24. The lowest BCUT2D eigenvalue weighted by molar-refractivity contribution is 0.101. The maximum atomic E-state index is 13.2. The number of furan rings is 1. The first-order chi connectivity index (χ1) is 14.1. The summed E-state index contributed by atoms with van der Waals surface area (Å²) in [5, 5.41) is 3.51. The quantitative estimate of drug-likeness (QED) is 0.397. The van der Waals surface area contributed by atoms with Crippen LogP contribution in [0.15, 0.2) is 81.7 Å². The molecule has 1 heterocycles. The van der Waals surface area contributed by atoms with Crippen LogP contribution in [0.2, 0.25) is 0 Å². The first-order valence-corrected chi connectivity index (χ1v) is 9.64. The van der Waals surface area contributed by atoms with Crippen molar-refractivity contribution in [2.45, 2.75) is 0 Å². The van der Waals surface area contributed by atoms with Gasteiger partial charge < -0.3 is 14.5 Å². The van der Waals surface area contributed by atoms with Crippen LogP contribution in [0.3, 0.4) is 0 Å². The Hall–Kier alpha value is -3.38. The molecule has 1 N–H and O–H groups in total. The second-order valence-electron chi connectivity index (χ2n) is 6.30. The van der Waals surface area contributed by atoms with Crippen molar-refractivity contribution in [3.05, 3.63) is 94.2 Å². The maximum Gasteiger partial charge on any atom is 0.255 e. The van der Waals surface area contributed by atoms with E-state index in [0.717, 1.165) is 0 Å². The molecule has 0 saturated carbocycles. The lowest BCUT2D eigenvalue weighted by Crippen LogP contribution is -2.14. The number of hydrogen-bond acceptors (Lipinski definition) is 4. The lowest BCUT2D eigenvalue weighted by Gasteiger charge is -2.08. The summed E-state index contributed by atoms with van der Waals surface area (Å²) < 4.78 is 11.7. The van der Waals surface area contributed by atoms with Gasteiger partial charge >= 0.3 is 0 Å². The number of hydrogen-bond donors (Lipinski definition) is 1. The molecule has 0 atom stereocenters. The number of rotatable bonds is 5. The Bertz CT molecular complexity index is 1210. The number of carbonyl (C=O) groups is 2. The summed E-state index contributed by atoms with van der Waals surface area (Å²) in [7, 11) is 1.55. The topological polar surface area (TPSA) is 68.5 Å². The number of amides is 1. The van der Waals surface area contributed by atoms with Crippen molar-refractivity contribution in [1.82, 2.24) is 0 Å². The fraction of sp³-hybridized carbons (Fsp3) is 0.0435. The van der Waals surface area contributed by atoms with Gasteiger partial charge in [-0.15, -0.1) is 0 Å². The van der Waals surface area contributed by atoms with Gasteiger partial charge in [0.25, 0.3) is 5.91 Å². The third-order valence-corrected chi connectivity index (χ3v) is 5.11. The molecule has 144 valence electrons. The highest BCUT2D eigenvalue weighted by molar-refractivity contribution is 9.10. The van der Waals surface area contributed by atoms with Gasteiger partial charge in [0.1, 0.15) is 11.3 Å². The number of carbonyl (C=O) groups excluding carboxylic acids is 2. The van der Waals surface area contributed by atoms with Crippen LogP contribution < -0.4 is 10.1 Å². The Balaban J connectivity index is 1.78. The molecule has 6 heteroatoms. The van der Waals surface area contributed by atoms with Crippen molar-refractivity contribution in [2.24, 2.45) is 0 Å². The average molecular weight is 450 g/mol. The number of halogens is 1. The molecular formula is C23H16BrNO4. The largest absolute Gasteiger partial charge is 0.496 e. The van der Waals surface area contributed by atoms with E-state index in [1.165, 1.54) is 0 Å². The van der Waals surface area contributed by atoms with E-state index in [4.69, 9.17) is 9.15 Å². The van der Waals surface area contributed by atoms with E-state index in [-0.39, 0.29) is 17.5 Å². The fourth-order valence-electron chi connectivity index (χ4n) is 3.04. The lowest BCUT2D eigenvalue weighted by atomic mass is 10.1. The molecule has 3 aromatic carbocycles. The Morgan fingerprint density at radius 1 is 0.931 bits per heavy atom. The average Bonchev–Trinajstić information content (AvgIpc) is 3.12. The third-order valence-electron chi connectivity index (χ3n) is 4.49. The summed E-state index contributed by atoms with van der Waals surface area (Å²) >= 11 is 3.39. The van der Waals surface area contributed by atoms with Gasteiger partial charge in [-0.2, -0.15) is 0 Å². The van der Waals surface area contributed by atoms with Gasteiger partial charge in [-0.05, 0) is 58.4 Å². The van der Waals surface area contributed by atoms with Crippen LogP contribution in [-0.4, -0.2) is 18.8 Å². The molecule has 5 nitrogen and oxygen atoms in total. The molecule has 1 amide bonds. The van der Waals surface area contributed by atoms with E-state index in [9.17, 15) is 9.59 Å². The van der Waals surface area contributed by atoms with Crippen molar-refractivity contribution in [1.29, 1.82) is 0 Å². The monoisotopic (exact) mass is 449 g/mol. The molecule has 0 spiro atoms. The summed E-state index contributed by atoms with van der Waals surface area (Å²) in [6.45, 7) is 0. The van der Waals surface area contributed by atoms with Crippen LogP contribution >= 0.6 is 15.9 Å². The molecule has 0 saturated heterocycles. The van der Waals surface area contributed by atoms with Gasteiger partial charge in [0.2, 0.25) is 5.78 Å². The van der Waals surface area contributed by atoms with Crippen LogP contribution in [0.1, 0.15) is 26.5 Å². The molecule has 0 aliphatic carbocycles. The summed E-state index contributed by atoms with van der Waals surface area (Å²) in [6.07, 6.45) is 0. The minimum absolute atomic E-state index is 0.0764. The summed E-state index contributed by atoms with van der Waals surface area (Å²) in [5.41, 5.74) is 1.77. The van der Waals surface area contributed by atoms with Gasteiger partial charge in [0.15, 0.2) is 5.76 Å². The predicted molar refractivity (Wildman–Crippen MR) is 115 cm³/mol. The van der Waals surface area contributed by atoms with Crippen LogP contribution in [0.4, 0.5) is 5.69 Å². The van der Waals surface area contributed by atoms with Crippen molar-refractivity contribution < 1.29 is 18.7 Å². The Kier molecular flexibility index (Phi) is 5.18. The normalized spacial score (nSPS) is 10.7. The minimum atomic E-state index is -0.340. The number of fused-ring (bicyclic) bond motifs is 1. The molecule has 0 aliphatic heterocycles. The van der Waals surface area contributed by atoms with E-state index in [2.05, 4.69) is 21.2 Å². The highest BCUT2D eigenvalue weighted by atomic mass is 79.9. The standard InChI is InChI=1S/C23H16BrNO4/c1-28-19-12-11-15(13-17(19)24)21(26)22-20(16-9-5-6-10-18(16)29-22)25-23(27)14-7-3-2-4-8-14/h2-13H,1H3,(H,25,27). The maximum absolute atomic E-state index is 13.2. The van der Waals surface area contributed by atoms with Crippen LogP contribution in [0.25, 0.3) is 11.0 Å². The van der Waals surface area contributed by atoms with Crippen molar-refractivity contribution in [3.63, 3.8) is 0 Å². The molecule has 4 rings (SSSR count). The zero-order valence-electron chi connectivity index (χ0n) is 15.4. The third kappa shape index (κ3) is 3.67. The zero-order chi connectivity index (χ0) is 20.4. The van der Waals surface area contributed by atoms with Gasteiger partial charge in [-0.25, -0.2) is 0 Å². The molecular weight excluding hydrogens is 434 g/mol. The fourth-order valence-corrected chi connectivity index (χ4v) is 3.58. The van der Waals surface area contributed by atoms with Gasteiger partial charge in [-0.1, -0.05) is 30.3 Å². The SMILES string of the molecule is COc1ccc(C(=O)c2oc3ccccc3c2NC(=O)c2ccccc2)cc1Br. The minimum Gasteiger partial charge on any atom is -0.496 e. The molecule has 0 radical (unpaired) electrons. The molecule has 0 aliphatic rings. The van der Waals surface area contributed by atoms with Crippen LogP contribution in [-0.2, 0) is 0 Å². The summed E-state index contributed by atoms with van der Waals surface area (Å²) in [6, 6.07) is 21.0. The second-order valence-corrected chi connectivity index (χ2v) is 7.16. The van der Waals surface area contributed by atoms with Gasteiger partial charge in [-0.3, -0.25) is 9.59 Å². The Morgan fingerprint density at radius 2 is 1.66 bits per heavy atom. The van der Waals surface area contributed by atoms with Crippen LogP contribution in [0, 0.1) is 0 Å². The van der Waals surface area contributed by atoms with E-state index in [1.807, 2.05) is 18.2 Å². The molecule has 29 heavy (non-hydrogen) atoms. The van der Waals surface area contributed by atoms with E-state index in [1.54, 1.807) is 61.7 Å². The number of methoxy groups -OCH3 is 1. The van der Waals surface area contributed by atoms with Crippen molar-refractivity contribution in [2.75, 3.05) is 12.4 Å². The second kappa shape index (κ2) is 7.93. The zero-order valence-corrected chi connectivity index (χ0v) is 17.0. The molecule has 4 aromatic rings. The van der Waals surface area contributed by atoms with E-state index in [0.29, 0.717) is 38.0 Å². The van der Waals surface area contributed by atoms with Crippen LogP contribution in [0.5, 0.6) is 5.75 Å². The first kappa shape index (κ1) is 19.0. The summed E-state index contributed by atoms with van der Waals surface area (Å²) in [4.78, 5) is 25.9. The smallest absolute Gasteiger partial charge is 0.255 e. The molecule has 0 bridgehead atoms. The Morgan fingerprint density at radius 3 is 2.38 bits per heavy atom. The number of ketones is 1. The van der Waals surface area contributed by atoms with E-state index < -0.39 is 0 Å². The molecule has 1 aromatic heterocycles. The number of ether oxygens (including phenoxy) is 1. The predicted octanol–water partition coefficient (Wildman–Crippen LogP) is 5.69. The summed E-state index contributed by atoms with van der Waals surface area (Å²) in [5.74, 6) is 0.0336. The van der Waals surface area contributed by atoms with Crippen molar-refractivity contribution in [3.8, 4) is 5.75 Å². The van der Waals surface area contributed by atoms with Gasteiger partial charge in [0, 0.05) is 16.5 Å². The number of benzene rings is 3. The first-order valence-electron chi connectivity index (χ1n) is 8.84.